The Labute approximate surface area is 148 Å². The fourth-order valence-electron chi connectivity index (χ4n) is 3.33. The Morgan fingerprint density at radius 2 is 2.20 bits per heavy atom. The molecule has 2 aromatic heterocycles. The summed E-state index contributed by atoms with van der Waals surface area (Å²) in [6.45, 7) is 4.01. The van der Waals surface area contributed by atoms with Crippen molar-refractivity contribution in [1.29, 1.82) is 0 Å². The van der Waals surface area contributed by atoms with Crippen LogP contribution in [-0.2, 0) is 17.8 Å². The van der Waals surface area contributed by atoms with Crippen molar-refractivity contribution in [2.24, 2.45) is 0 Å². The van der Waals surface area contributed by atoms with Crippen molar-refractivity contribution in [3.05, 3.63) is 41.2 Å². The maximum Gasteiger partial charge on any atom is 0.231 e. The van der Waals surface area contributed by atoms with E-state index in [2.05, 4.69) is 31.1 Å². The molecular formula is C18H26N6O. The van der Waals surface area contributed by atoms with Crippen LogP contribution < -0.4 is 0 Å². The molecule has 2 heterocycles. The summed E-state index contributed by atoms with van der Waals surface area (Å²) in [6.07, 6.45) is 4.75. The number of rotatable bonds is 6. The molecule has 0 fully saturated rings. The Hall–Kier alpha value is -2.28. The molecule has 1 aliphatic carbocycles. The van der Waals surface area contributed by atoms with E-state index in [1.807, 2.05) is 32.0 Å². The van der Waals surface area contributed by atoms with Crippen LogP contribution in [0.4, 0.5) is 0 Å². The van der Waals surface area contributed by atoms with Crippen molar-refractivity contribution in [2.75, 3.05) is 27.2 Å². The molecule has 0 bridgehead atoms. The molecule has 7 nitrogen and oxygen atoms in total. The normalized spacial score (nSPS) is 16.7. The number of carbonyl (C=O) groups excluding carboxylic acids is 1. The van der Waals surface area contributed by atoms with Crippen molar-refractivity contribution in [2.45, 2.75) is 38.6 Å². The van der Waals surface area contributed by atoms with E-state index >= 15 is 0 Å². The highest BCUT2D eigenvalue weighted by molar-refractivity contribution is 5.83. The number of hydrogen-bond acceptors (Lipinski definition) is 5. The molecule has 1 N–H and O–H groups in total. The number of aryl methyl sites for hydroxylation is 2. The maximum absolute atomic E-state index is 12.9. The highest BCUT2D eigenvalue weighted by atomic mass is 16.2. The van der Waals surface area contributed by atoms with Crippen molar-refractivity contribution >= 4 is 5.91 Å². The molecule has 1 amide bonds. The van der Waals surface area contributed by atoms with Gasteiger partial charge in [-0.1, -0.05) is 6.07 Å². The second-order valence-electron chi connectivity index (χ2n) is 6.83. The zero-order valence-electron chi connectivity index (χ0n) is 15.2. The predicted molar refractivity (Wildman–Crippen MR) is 95.0 cm³/mol. The van der Waals surface area contributed by atoms with Crippen LogP contribution in [0.5, 0.6) is 0 Å². The molecule has 3 rings (SSSR count). The van der Waals surface area contributed by atoms with Gasteiger partial charge in [-0.2, -0.15) is 5.10 Å². The van der Waals surface area contributed by atoms with Gasteiger partial charge in [0.05, 0.1) is 18.2 Å². The van der Waals surface area contributed by atoms with Gasteiger partial charge < -0.3 is 4.90 Å². The maximum atomic E-state index is 12.9. The quantitative estimate of drug-likeness (QED) is 0.861. The van der Waals surface area contributed by atoms with Gasteiger partial charge in [0, 0.05) is 26.3 Å². The van der Waals surface area contributed by atoms with Crippen LogP contribution in [-0.4, -0.2) is 63.1 Å². The number of nitrogens with one attached hydrogen (secondary N) is 1. The van der Waals surface area contributed by atoms with Gasteiger partial charge in [0.1, 0.15) is 5.82 Å². The van der Waals surface area contributed by atoms with E-state index in [0.29, 0.717) is 13.1 Å². The molecule has 7 heteroatoms. The number of nitrogens with zero attached hydrogens (tertiary/aromatic N) is 5. The first-order valence-corrected chi connectivity index (χ1v) is 8.80. The number of pyridine rings is 1. The number of likely N-dealkylation sites (N-methyl/N-ethyl adjacent to an activating group) is 2. The number of amides is 1. The van der Waals surface area contributed by atoms with Crippen LogP contribution >= 0.6 is 0 Å². The van der Waals surface area contributed by atoms with Crippen molar-refractivity contribution in [3.63, 3.8) is 0 Å². The topological polar surface area (TPSA) is 78.0 Å². The Balaban J connectivity index is 1.54. The fourth-order valence-corrected chi connectivity index (χ4v) is 3.33. The average Bonchev–Trinajstić information content (AvgIpc) is 3.03. The molecule has 1 aliphatic rings. The molecule has 0 aliphatic heterocycles. The van der Waals surface area contributed by atoms with E-state index in [4.69, 9.17) is 0 Å². The largest absolute Gasteiger partial charge is 0.344 e. The van der Waals surface area contributed by atoms with Gasteiger partial charge >= 0.3 is 0 Å². The Kier molecular flexibility index (Phi) is 5.43. The summed E-state index contributed by atoms with van der Waals surface area (Å²) in [7, 11) is 3.89. The number of hydrogen-bond donors (Lipinski definition) is 1. The summed E-state index contributed by atoms with van der Waals surface area (Å²) in [6, 6.07) is 4.05. The van der Waals surface area contributed by atoms with E-state index in [1.165, 1.54) is 5.56 Å². The highest BCUT2D eigenvalue weighted by Crippen LogP contribution is 2.30. The molecule has 1 atom stereocenters. The Bertz CT molecular complexity index is 728. The number of fused-ring (bicyclic) bond motifs is 1. The van der Waals surface area contributed by atoms with Gasteiger partial charge in [-0.3, -0.25) is 19.8 Å². The van der Waals surface area contributed by atoms with Gasteiger partial charge in [-0.25, -0.2) is 4.98 Å². The number of aromatic nitrogens is 4. The lowest BCUT2D eigenvalue weighted by molar-refractivity contribution is -0.132. The van der Waals surface area contributed by atoms with E-state index < -0.39 is 0 Å². The predicted octanol–water partition coefficient (Wildman–Crippen LogP) is 1.52. The third-order valence-corrected chi connectivity index (χ3v) is 4.74. The van der Waals surface area contributed by atoms with Crippen LogP contribution in [0.15, 0.2) is 18.3 Å². The van der Waals surface area contributed by atoms with Crippen LogP contribution in [0.25, 0.3) is 0 Å². The summed E-state index contributed by atoms with van der Waals surface area (Å²) in [4.78, 5) is 25.6. The lowest BCUT2D eigenvalue weighted by Gasteiger charge is -2.28. The molecule has 2 aromatic rings. The van der Waals surface area contributed by atoms with Gasteiger partial charge in [-0.05, 0) is 44.9 Å². The molecule has 1 unspecified atom stereocenters. The first-order valence-electron chi connectivity index (χ1n) is 8.80. The monoisotopic (exact) mass is 342 g/mol. The first kappa shape index (κ1) is 17.5. The lowest BCUT2D eigenvalue weighted by atomic mass is 9.86. The molecule has 0 saturated carbocycles. The highest BCUT2D eigenvalue weighted by Gasteiger charge is 2.29. The first-order chi connectivity index (χ1) is 12.0. The third-order valence-electron chi connectivity index (χ3n) is 4.74. The van der Waals surface area contributed by atoms with Gasteiger partial charge in [0.2, 0.25) is 5.91 Å². The molecule has 25 heavy (non-hydrogen) atoms. The second-order valence-corrected chi connectivity index (χ2v) is 6.83. The zero-order chi connectivity index (χ0) is 17.8. The molecule has 134 valence electrons. The van der Waals surface area contributed by atoms with Gasteiger partial charge in [0.15, 0.2) is 5.82 Å². The minimum absolute atomic E-state index is 0.101. The summed E-state index contributed by atoms with van der Waals surface area (Å²) >= 11 is 0. The van der Waals surface area contributed by atoms with E-state index in [9.17, 15) is 4.79 Å². The minimum atomic E-state index is -0.101. The molecule has 0 saturated heterocycles. The number of aromatic amines is 1. The molecular weight excluding hydrogens is 316 g/mol. The summed E-state index contributed by atoms with van der Waals surface area (Å²) in [5, 5.41) is 7.00. The molecule has 0 radical (unpaired) electrons. The van der Waals surface area contributed by atoms with Gasteiger partial charge in [0.25, 0.3) is 0 Å². The SMILES string of the molecule is Cc1nc(CN(C)CCN(C)C(=O)C2CCCc3cccnc32)n[nH]1. The summed E-state index contributed by atoms with van der Waals surface area (Å²) in [5.41, 5.74) is 2.19. The average molecular weight is 342 g/mol. The van der Waals surface area contributed by atoms with Crippen LogP contribution in [0, 0.1) is 6.92 Å². The number of H-pyrrole nitrogens is 1. The fraction of sp³-hybridized carbons (Fsp3) is 0.556. The molecule has 0 aromatic carbocycles. The van der Waals surface area contributed by atoms with Crippen LogP contribution in [0.3, 0.4) is 0 Å². The van der Waals surface area contributed by atoms with Crippen LogP contribution in [0.2, 0.25) is 0 Å². The minimum Gasteiger partial charge on any atom is -0.344 e. The van der Waals surface area contributed by atoms with Crippen molar-refractivity contribution in [3.8, 4) is 0 Å². The van der Waals surface area contributed by atoms with Crippen molar-refractivity contribution in [1.82, 2.24) is 30.0 Å². The molecule has 0 spiro atoms. The second kappa shape index (κ2) is 7.74. The van der Waals surface area contributed by atoms with E-state index in [1.54, 1.807) is 6.20 Å². The van der Waals surface area contributed by atoms with E-state index in [-0.39, 0.29) is 11.8 Å². The number of carbonyl (C=O) groups is 1. The summed E-state index contributed by atoms with van der Waals surface area (Å²) < 4.78 is 0. The Morgan fingerprint density at radius 1 is 1.36 bits per heavy atom. The smallest absolute Gasteiger partial charge is 0.231 e. The van der Waals surface area contributed by atoms with Gasteiger partial charge in [-0.15, -0.1) is 0 Å². The van der Waals surface area contributed by atoms with Crippen LogP contribution in [0.1, 0.15) is 41.7 Å². The van der Waals surface area contributed by atoms with E-state index in [0.717, 1.165) is 43.1 Å². The zero-order valence-corrected chi connectivity index (χ0v) is 15.2. The van der Waals surface area contributed by atoms with Crippen molar-refractivity contribution < 1.29 is 4.79 Å². The third kappa shape index (κ3) is 4.22. The lowest BCUT2D eigenvalue weighted by Crippen LogP contribution is -2.38. The standard InChI is InChI=1S/C18H26N6O/c1-13-20-16(22-21-13)12-23(2)10-11-24(3)18(25)15-8-4-6-14-7-5-9-19-17(14)15/h5,7,9,15H,4,6,8,10-12H2,1-3H3,(H,20,21,22). The Morgan fingerprint density at radius 3 is 2.96 bits per heavy atom. The summed E-state index contributed by atoms with van der Waals surface area (Å²) in [5.74, 6) is 1.66.